The van der Waals surface area contributed by atoms with Crippen LogP contribution in [0.3, 0.4) is 0 Å². The average Bonchev–Trinajstić information content (AvgIpc) is 2.40. The van der Waals surface area contributed by atoms with E-state index in [1.165, 1.54) is 0 Å². The molecular formula is C16H17NO. The summed E-state index contributed by atoms with van der Waals surface area (Å²) in [6.07, 6.45) is 0. The molecule has 18 heavy (non-hydrogen) atoms. The van der Waals surface area contributed by atoms with Gasteiger partial charge in [0.05, 0.1) is 6.04 Å². The number of likely N-dealkylation sites (N-methyl/N-ethyl adjacent to an activating group) is 1. The molecule has 0 unspecified atom stereocenters. The van der Waals surface area contributed by atoms with Crippen molar-refractivity contribution in [1.82, 2.24) is 4.90 Å². The standard InChI is InChI=1S/C16H17NO/c1-17(2)15(13-9-5-3-6-10-13)16(18)14-11-7-4-8-12-14/h3-12,15H,1-2H3/t15-/m1/s1. The smallest absolute Gasteiger partial charge is 0.184 e. The predicted molar refractivity (Wildman–Crippen MR) is 73.6 cm³/mol. The second-order valence-electron chi connectivity index (χ2n) is 4.51. The summed E-state index contributed by atoms with van der Waals surface area (Å²) in [5, 5.41) is 0. The van der Waals surface area contributed by atoms with Crippen LogP contribution in [0.1, 0.15) is 22.0 Å². The Bertz CT molecular complexity index is 505. The van der Waals surface area contributed by atoms with Gasteiger partial charge in [-0.2, -0.15) is 0 Å². The maximum Gasteiger partial charge on any atom is 0.184 e. The molecule has 2 aromatic carbocycles. The molecule has 2 rings (SSSR count). The maximum absolute atomic E-state index is 12.5. The van der Waals surface area contributed by atoms with E-state index in [9.17, 15) is 4.79 Å². The van der Waals surface area contributed by atoms with Crippen molar-refractivity contribution in [3.05, 3.63) is 71.8 Å². The van der Waals surface area contributed by atoms with Crippen LogP contribution in [0.15, 0.2) is 60.7 Å². The van der Waals surface area contributed by atoms with Crippen molar-refractivity contribution < 1.29 is 4.79 Å². The van der Waals surface area contributed by atoms with E-state index in [1.807, 2.05) is 79.7 Å². The third-order valence-corrected chi connectivity index (χ3v) is 2.94. The topological polar surface area (TPSA) is 20.3 Å². The molecular weight excluding hydrogens is 222 g/mol. The summed E-state index contributed by atoms with van der Waals surface area (Å²) < 4.78 is 0. The van der Waals surface area contributed by atoms with Gasteiger partial charge < -0.3 is 0 Å². The SMILES string of the molecule is CN(C)[C@@H](C(=O)c1ccccc1)c1ccccc1. The van der Waals surface area contributed by atoms with Gasteiger partial charge in [-0.3, -0.25) is 9.69 Å². The number of carbonyl (C=O) groups excluding carboxylic acids is 1. The molecule has 0 aliphatic rings. The van der Waals surface area contributed by atoms with Gasteiger partial charge in [-0.05, 0) is 19.7 Å². The highest BCUT2D eigenvalue weighted by Crippen LogP contribution is 2.22. The molecule has 2 aromatic rings. The molecule has 92 valence electrons. The van der Waals surface area contributed by atoms with Crippen LogP contribution in [0.25, 0.3) is 0 Å². The monoisotopic (exact) mass is 239 g/mol. The van der Waals surface area contributed by atoms with E-state index in [-0.39, 0.29) is 11.8 Å². The van der Waals surface area contributed by atoms with Crippen molar-refractivity contribution in [2.24, 2.45) is 0 Å². The van der Waals surface area contributed by atoms with Crippen LogP contribution in [0.4, 0.5) is 0 Å². The molecule has 2 nitrogen and oxygen atoms in total. The molecule has 0 radical (unpaired) electrons. The van der Waals surface area contributed by atoms with Crippen molar-refractivity contribution in [3.63, 3.8) is 0 Å². The first-order chi connectivity index (χ1) is 8.70. The number of benzene rings is 2. The summed E-state index contributed by atoms with van der Waals surface area (Å²) in [6, 6.07) is 19.1. The van der Waals surface area contributed by atoms with E-state index < -0.39 is 0 Å². The number of nitrogens with zero attached hydrogens (tertiary/aromatic N) is 1. The van der Waals surface area contributed by atoms with E-state index in [4.69, 9.17) is 0 Å². The van der Waals surface area contributed by atoms with Gasteiger partial charge >= 0.3 is 0 Å². The van der Waals surface area contributed by atoms with Crippen molar-refractivity contribution in [2.45, 2.75) is 6.04 Å². The van der Waals surface area contributed by atoms with Crippen LogP contribution in [0.2, 0.25) is 0 Å². The zero-order valence-electron chi connectivity index (χ0n) is 10.7. The molecule has 0 amide bonds. The summed E-state index contributed by atoms with van der Waals surface area (Å²) in [4.78, 5) is 14.5. The Labute approximate surface area is 108 Å². The average molecular weight is 239 g/mol. The van der Waals surface area contributed by atoms with E-state index in [0.717, 1.165) is 11.1 Å². The van der Waals surface area contributed by atoms with E-state index in [1.54, 1.807) is 0 Å². The summed E-state index contributed by atoms with van der Waals surface area (Å²) in [5.74, 6) is 0.131. The molecule has 0 bridgehead atoms. The summed E-state index contributed by atoms with van der Waals surface area (Å²) in [5.41, 5.74) is 1.77. The molecule has 0 N–H and O–H groups in total. The summed E-state index contributed by atoms with van der Waals surface area (Å²) >= 11 is 0. The Morgan fingerprint density at radius 3 is 1.89 bits per heavy atom. The molecule has 0 aliphatic heterocycles. The normalized spacial score (nSPS) is 12.4. The first-order valence-electron chi connectivity index (χ1n) is 6.01. The van der Waals surface area contributed by atoms with Gasteiger partial charge in [0.15, 0.2) is 5.78 Å². The Hall–Kier alpha value is -1.93. The van der Waals surface area contributed by atoms with Crippen LogP contribution in [0.5, 0.6) is 0 Å². The highest BCUT2D eigenvalue weighted by atomic mass is 16.1. The largest absolute Gasteiger partial charge is 0.296 e. The lowest BCUT2D eigenvalue weighted by atomic mass is 9.97. The molecule has 0 saturated heterocycles. The minimum Gasteiger partial charge on any atom is -0.296 e. The lowest BCUT2D eigenvalue weighted by Gasteiger charge is -2.23. The van der Waals surface area contributed by atoms with Crippen LogP contribution in [-0.2, 0) is 0 Å². The molecule has 2 heteroatoms. The fourth-order valence-corrected chi connectivity index (χ4v) is 2.08. The molecule has 0 aromatic heterocycles. The first kappa shape index (κ1) is 12.5. The zero-order chi connectivity index (χ0) is 13.0. The zero-order valence-corrected chi connectivity index (χ0v) is 10.7. The van der Waals surface area contributed by atoms with Gasteiger partial charge in [-0.15, -0.1) is 0 Å². The highest BCUT2D eigenvalue weighted by Gasteiger charge is 2.23. The van der Waals surface area contributed by atoms with Crippen molar-refractivity contribution in [3.8, 4) is 0 Å². The molecule has 1 atom stereocenters. The second kappa shape index (κ2) is 5.61. The van der Waals surface area contributed by atoms with Gasteiger partial charge in [-0.1, -0.05) is 60.7 Å². The number of Topliss-reactive ketones (excluding diaryl/α,β-unsaturated/α-hetero) is 1. The molecule has 0 spiro atoms. The summed E-state index contributed by atoms with van der Waals surface area (Å²) in [6.45, 7) is 0. The maximum atomic E-state index is 12.5. The third kappa shape index (κ3) is 2.66. The van der Waals surface area contributed by atoms with Crippen LogP contribution >= 0.6 is 0 Å². The minimum atomic E-state index is -0.228. The van der Waals surface area contributed by atoms with Crippen LogP contribution < -0.4 is 0 Å². The number of hydrogen-bond donors (Lipinski definition) is 0. The Balaban J connectivity index is 2.35. The van der Waals surface area contributed by atoms with Crippen molar-refractivity contribution in [2.75, 3.05) is 14.1 Å². The van der Waals surface area contributed by atoms with Gasteiger partial charge in [0, 0.05) is 5.56 Å². The predicted octanol–water partition coefficient (Wildman–Crippen LogP) is 3.17. The van der Waals surface area contributed by atoms with Gasteiger partial charge in [0.2, 0.25) is 0 Å². The van der Waals surface area contributed by atoms with E-state index in [0.29, 0.717) is 0 Å². The summed E-state index contributed by atoms with van der Waals surface area (Å²) in [7, 11) is 3.86. The third-order valence-electron chi connectivity index (χ3n) is 2.94. The quantitative estimate of drug-likeness (QED) is 0.764. The Morgan fingerprint density at radius 2 is 1.39 bits per heavy atom. The molecule has 0 aliphatic carbocycles. The molecule has 0 fully saturated rings. The number of rotatable bonds is 4. The lowest BCUT2D eigenvalue weighted by Crippen LogP contribution is -2.27. The fourth-order valence-electron chi connectivity index (χ4n) is 2.08. The van der Waals surface area contributed by atoms with Gasteiger partial charge in [0.25, 0.3) is 0 Å². The van der Waals surface area contributed by atoms with Crippen molar-refractivity contribution >= 4 is 5.78 Å². The first-order valence-corrected chi connectivity index (χ1v) is 6.01. The minimum absolute atomic E-state index is 0.131. The highest BCUT2D eigenvalue weighted by molar-refractivity contribution is 6.00. The van der Waals surface area contributed by atoms with Gasteiger partial charge in [-0.25, -0.2) is 0 Å². The van der Waals surface area contributed by atoms with Gasteiger partial charge in [0.1, 0.15) is 0 Å². The number of carbonyl (C=O) groups is 1. The second-order valence-corrected chi connectivity index (χ2v) is 4.51. The van der Waals surface area contributed by atoms with Crippen molar-refractivity contribution in [1.29, 1.82) is 0 Å². The number of ketones is 1. The molecule has 0 saturated carbocycles. The number of hydrogen-bond acceptors (Lipinski definition) is 2. The van der Waals surface area contributed by atoms with Crippen LogP contribution in [0, 0.1) is 0 Å². The Kier molecular flexibility index (Phi) is 3.90. The molecule has 0 heterocycles. The fraction of sp³-hybridized carbons (Fsp3) is 0.188. The van der Waals surface area contributed by atoms with E-state index in [2.05, 4.69) is 0 Å². The Morgan fingerprint density at radius 1 is 0.889 bits per heavy atom. The lowest BCUT2D eigenvalue weighted by molar-refractivity contribution is 0.0875. The van der Waals surface area contributed by atoms with Crippen LogP contribution in [-0.4, -0.2) is 24.8 Å². The van der Waals surface area contributed by atoms with E-state index >= 15 is 0 Å².